The van der Waals surface area contributed by atoms with Gasteiger partial charge in [0.05, 0.1) is 21.9 Å². The van der Waals surface area contributed by atoms with E-state index in [1.165, 1.54) is 6.33 Å². The summed E-state index contributed by atoms with van der Waals surface area (Å²) in [6, 6.07) is 3.86. The molecule has 53 heavy (non-hydrogen) atoms. The van der Waals surface area contributed by atoms with Crippen molar-refractivity contribution in [1.29, 1.82) is 0 Å². The molecule has 4 fully saturated rings. The van der Waals surface area contributed by atoms with Crippen LogP contribution in [0.1, 0.15) is 92.9 Å². The van der Waals surface area contributed by atoms with E-state index in [-0.39, 0.29) is 23.3 Å². The standard InChI is InChI=1S/C19H27N5O2.C13H24N2O2.C6H4ClN3/c1-18(2,3)26-17(25)24-11-5-8-19(24)7-4-10-23(12-19)16-14-6-9-20-15(14)21-13-22-16;1-12(2,3)17-11(16)15-9-5-7-13(15)6-4-8-14-10-13;7-5-4-1-2-8-6(4)10-3-9-5/h6,9,13H,4-5,7-8,10-12H2,1-3H3,(H,20,21,22);14H,4-10H2,1-3H3;1-3H,(H,8,9,10). The van der Waals surface area contributed by atoms with Crippen molar-refractivity contribution >= 4 is 51.7 Å². The first-order valence-electron chi connectivity index (χ1n) is 18.9. The molecular formula is C38H55ClN10O4. The second kappa shape index (κ2) is 15.7. The van der Waals surface area contributed by atoms with E-state index in [9.17, 15) is 9.59 Å². The summed E-state index contributed by atoms with van der Waals surface area (Å²) in [5, 5.41) is 5.81. The number of piperidine rings is 2. The number of ether oxygens (including phenoxy) is 2. The second-order valence-corrected chi connectivity index (χ2v) is 16.9. The SMILES string of the molecule is CC(C)(C)OC(=O)N1CCCC12CCCN(c1ncnc3[nH]ccc13)C2.CC(C)(C)OC(=O)N1CCCC12CCCNC2.Clc1ncnc2[nH]ccc12. The maximum atomic E-state index is 12.8. The average molecular weight is 751 g/mol. The maximum Gasteiger partial charge on any atom is 0.410 e. The Morgan fingerprint density at radius 1 is 0.717 bits per heavy atom. The molecule has 2 spiro atoms. The van der Waals surface area contributed by atoms with Crippen molar-refractivity contribution in [3.63, 3.8) is 0 Å². The Hall–Kier alpha value is -4.17. The highest BCUT2D eigenvalue weighted by atomic mass is 35.5. The molecule has 0 bridgehead atoms. The summed E-state index contributed by atoms with van der Waals surface area (Å²) in [6.45, 7) is 16.9. The number of hydrogen-bond acceptors (Lipinski definition) is 10. The van der Waals surface area contributed by atoms with E-state index >= 15 is 0 Å². The van der Waals surface area contributed by atoms with Crippen molar-refractivity contribution < 1.29 is 19.1 Å². The van der Waals surface area contributed by atoms with Gasteiger partial charge in [-0.2, -0.15) is 0 Å². The lowest BCUT2D eigenvalue weighted by Crippen LogP contribution is -2.58. The van der Waals surface area contributed by atoms with Crippen LogP contribution < -0.4 is 10.2 Å². The number of fused-ring (bicyclic) bond motifs is 2. The summed E-state index contributed by atoms with van der Waals surface area (Å²) < 4.78 is 11.2. The fourth-order valence-corrected chi connectivity index (χ4v) is 8.34. The Balaban J connectivity index is 0.000000152. The molecule has 8 heterocycles. The van der Waals surface area contributed by atoms with Gasteiger partial charge in [-0.25, -0.2) is 29.5 Å². The maximum absolute atomic E-state index is 12.8. The van der Waals surface area contributed by atoms with Crippen molar-refractivity contribution in [2.24, 2.45) is 0 Å². The normalized spacial score (nSPS) is 23.2. The fourth-order valence-electron chi connectivity index (χ4n) is 8.15. The van der Waals surface area contributed by atoms with Crippen molar-refractivity contribution in [3.8, 4) is 0 Å². The molecule has 288 valence electrons. The van der Waals surface area contributed by atoms with Crippen LogP contribution in [0.5, 0.6) is 0 Å². The van der Waals surface area contributed by atoms with Gasteiger partial charge in [0.25, 0.3) is 0 Å². The number of anilines is 1. The van der Waals surface area contributed by atoms with E-state index in [4.69, 9.17) is 21.1 Å². The highest BCUT2D eigenvalue weighted by Gasteiger charge is 2.48. The van der Waals surface area contributed by atoms with E-state index < -0.39 is 11.2 Å². The molecule has 4 aliphatic heterocycles. The minimum atomic E-state index is -0.473. The smallest absolute Gasteiger partial charge is 0.410 e. The molecular weight excluding hydrogens is 696 g/mol. The van der Waals surface area contributed by atoms with Gasteiger partial charge in [0.1, 0.15) is 46.1 Å². The lowest BCUT2D eigenvalue weighted by atomic mass is 9.86. The Kier molecular flexibility index (Phi) is 11.4. The van der Waals surface area contributed by atoms with Gasteiger partial charge >= 0.3 is 12.2 Å². The summed E-state index contributed by atoms with van der Waals surface area (Å²) in [7, 11) is 0. The molecule has 2 atom stereocenters. The molecule has 3 N–H and O–H groups in total. The Morgan fingerprint density at radius 3 is 1.83 bits per heavy atom. The van der Waals surface area contributed by atoms with Crippen LogP contribution in [-0.4, -0.2) is 113 Å². The number of carbonyl (C=O) groups is 2. The third-order valence-electron chi connectivity index (χ3n) is 10.4. The van der Waals surface area contributed by atoms with Crippen molar-refractivity contribution in [3.05, 3.63) is 42.3 Å². The van der Waals surface area contributed by atoms with Gasteiger partial charge in [-0.15, -0.1) is 0 Å². The number of likely N-dealkylation sites (tertiary alicyclic amines) is 2. The number of aromatic amines is 2. The summed E-state index contributed by atoms with van der Waals surface area (Å²) >= 11 is 5.73. The molecule has 2 amide bonds. The molecule has 2 unspecified atom stereocenters. The number of halogens is 1. The van der Waals surface area contributed by atoms with Gasteiger partial charge in [-0.3, -0.25) is 0 Å². The Bertz CT molecular complexity index is 1860. The predicted molar refractivity (Wildman–Crippen MR) is 206 cm³/mol. The van der Waals surface area contributed by atoms with E-state index in [1.54, 1.807) is 12.5 Å². The molecule has 0 radical (unpaired) electrons. The summed E-state index contributed by atoms with van der Waals surface area (Å²) in [4.78, 5) is 53.9. The quantitative estimate of drug-likeness (QED) is 0.172. The highest BCUT2D eigenvalue weighted by molar-refractivity contribution is 6.33. The third-order valence-corrected chi connectivity index (χ3v) is 10.7. The zero-order valence-corrected chi connectivity index (χ0v) is 32.8. The number of nitrogens with zero attached hydrogens (tertiary/aromatic N) is 7. The van der Waals surface area contributed by atoms with E-state index in [0.717, 1.165) is 119 Å². The van der Waals surface area contributed by atoms with Crippen LogP contribution in [0.25, 0.3) is 22.1 Å². The topological polar surface area (TPSA) is 157 Å². The van der Waals surface area contributed by atoms with E-state index in [1.807, 2.05) is 69.7 Å². The Morgan fingerprint density at radius 2 is 1.25 bits per heavy atom. The number of H-pyrrole nitrogens is 2. The molecule has 4 aromatic rings. The molecule has 4 aliphatic rings. The lowest BCUT2D eigenvalue weighted by molar-refractivity contribution is 0.00283. The highest BCUT2D eigenvalue weighted by Crippen LogP contribution is 2.40. The second-order valence-electron chi connectivity index (χ2n) is 16.6. The molecule has 4 saturated heterocycles. The lowest BCUT2D eigenvalue weighted by Gasteiger charge is -2.46. The molecule has 15 heteroatoms. The molecule has 8 rings (SSSR count). The fraction of sp³-hybridized carbons (Fsp3) is 0.632. The molecule has 0 aliphatic carbocycles. The van der Waals surface area contributed by atoms with Crippen LogP contribution >= 0.6 is 11.6 Å². The van der Waals surface area contributed by atoms with Crippen molar-refractivity contribution in [1.82, 2.24) is 45.0 Å². The minimum Gasteiger partial charge on any atom is -0.444 e. The molecule has 0 saturated carbocycles. The first-order chi connectivity index (χ1) is 25.2. The van der Waals surface area contributed by atoms with Crippen molar-refractivity contribution in [2.45, 2.75) is 115 Å². The largest absolute Gasteiger partial charge is 0.444 e. The van der Waals surface area contributed by atoms with Gasteiger partial charge in [-0.05, 0) is 112 Å². The number of rotatable bonds is 1. The van der Waals surface area contributed by atoms with E-state index in [2.05, 4.69) is 40.1 Å². The predicted octanol–water partition coefficient (Wildman–Crippen LogP) is 7.08. The monoisotopic (exact) mass is 750 g/mol. The minimum absolute atomic E-state index is 0.0284. The third kappa shape index (κ3) is 8.97. The number of nitrogens with one attached hydrogen (secondary N) is 3. The van der Waals surface area contributed by atoms with E-state index in [0.29, 0.717) is 5.15 Å². The molecule has 14 nitrogen and oxygen atoms in total. The van der Waals surface area contributed by atoms with Gasteiger partial charge in [0.2, 0.25) is 0 Å². The van der Waals surface area contributed by atoms with Crippen LogP contribution in [0, 0.1) is 0 Å². The summed E-state index contributed by atoms with van der Waals surface area (Å²) in [6.07, 6.45) is 15.0. The van der Waals surface area contributed by atoms with Crippen LogP contribution in [0.4, 0.5) is 15.4 Å². The number of hydrogen-bond donors (Lipinski definition) is 3. The molecule has 4 aromatic heterocycles. The summed E-state index contributed by atoms with van der Waals surface area (Å²) in [5.41, 5.74) is 0.627. The number of carbonyl (C=O) groups excluding carboxylic acids is 2. The summed E-state index contributed by atoms with van der Waals surface area (Å²) in [5.74, 6) is 0.950. The van der Waals surface area contributed by atoms with Gasteiger partial charge < -0.3 is 39.5 Å². The van der Waals surface area contributed by atoms with Crippen LogP contribution in [-0.2, 0) is 9.47 Å². The van der Waals surface area contributed by atoms with Crippen LogP contribution in [0.3, 0.4) is 0 Å². The van der Waals surface area contributed by atoms with Crippen LogP contribution in [0.2, 0.25) is 5.15 Å². The Labute approximate surface area is 316 Å². The van der Waals surface area contributed by atoms with Gasteiger partial charge in [-0.1, -0.05) is 11.6 Å². The molecule has 0 aromatic carbocycles. The zero-order chi connectivity index (χ0) is 37.9. The first kappa shape index (κ1) is 38.6. The first-order valence-corrected chi connectivity index (χ1v) is 19.3. The number of amides is 2. The van der Waals surface area contributed by atoms with Crippen molar-refractivity contribution in [2.75, 3.05) is 44.2 Å². The van der Waals surface area contributed by atoms with Gasteiger partial charge in [0, 0.05) is 45.1 Å². The average Bonchev–Trinajstić information content (AvgIpc) is 3.92. The van der Waals surface area contributed by atoms with Gasteiger partial charge in [0.15, 0.2) is 0 Å². The zero-order valence-electron chi connectivity index (χ0n) is 32.0. The number of aromatic nitrogens is 6. The van der Waals surface area contributed by atoms with Crippen LogP contribution in [0.15, 0.2) is 37.2 Å².